The first kappa shape index (κ1) is 21.4. The fourth-order valence-corrected chi connectivity index (χ4v) is 5.02. The highest BCUT2D eigenvalue weighted by Gasteiger charge is 2.66. The van der Waals surface area contributed by atoms with Gasteiger partial charge in [0.25, 0.3) is 5.69 Å². The van der Waals surface area contributed by atoms with Crippen LogP contribution >= 0.6 is 0 Å². The standard InChI is InChI=1S/C22H20FN3O6/c1-22(20(28)29)16-9-10-17(27)18(16)19(12-3-2-4-15(11-12)26(31)32)25(22)21(30)24-14-7-5-13(23)6-8-14/h2-8,11,16,18-19H,9-10H2,1H3,(H,24,30)(H,28,29). The van der Waals surface area contributed by atoms with Crippen LogP contribution in [0.3, 0.4) is 0 Å². The smallest absolute Gasteiger partial charge is 0.329 e. The molecule has 4 unspecified atom stereocenters. The van der Waals surface area contributed by atoms with E-state index in [1.54, 1.807) is 6.07 Å². The number of amides is 2. The molecular weight excluding hydrogens is 421 g/mol. The zero-order valence-electron chi connectivity index (χ0n) is 17.0. The van der Waals surface area contributed by atoms with Crippen molar-refractivity contribution in [2.75, 3.05) is 5.32 Å². The van der Waals surface area contributed by atoms with Crippen molar-refractivity contribution < 1.29 is 28.8 Å². The highest BCUT2D eigenvalue weighted by atomic mass is 19.1. The molecule has 0 bridgehead atoms. The lowest BCUT2D eigenvalue weighted by molar-refractivity contribution is -0.385. The average molecular weight is 441 g/mol. The van der Waals surface area contributed by atoms with Crippen molar-refractivity contribution in [3.05, 3.63) is 70.0 Å². The van der Waals surface area contributed by atoms with E-state index >= 15 is 0 Å². The number of hydrogen-bond donors (Lipinski definition) is 2. The number of hydrogen-bond acceptors (Lipinski definition) is 5. The Morgan fingerprint density at radius 1 is 1.25 bits per heavy atom. The van der Waals surface area contributed by atoms with Crippen LogP contribution < -0.4 is 5.32 Å². The summed E-state index contributed by atoms with van der Waals surface area (Å²) >= 11 is 0. The number of nitrogens with one attached hydrogen (secondary N) is 1. The lowest BCUT2D eigenvalue weighted by Gasteiger charge is -2.37. The molecule has 1 aliphatic heterocycles. The van der Waals surface area contributed by atoms with Crippen LogP contribution in [0, 0.1) is 27.8 Å². The van der Waals surface area contributed by atoms with Gasteiger partial charge in [0.15, 0.2) is 0 Å². The number of carbonyl (C=O) groups is 3. The van der Waals surface area contributed by atoms with Crippen molar-refractivity contribution >= 4 is 29.2 Å². The number of urea groups is 1. The van der Waals surface area contributed by atoms with Crippen molar-refractivity contribution in [2.45, 2.75) is 31.3 Å². The summed E-state index contributed by atoms with van der Waals surface area (Å²) in [5, 5.41) is 24.0. The lowest BCUT2D eigenvalue weighted by Crippen LogP contribution is -2.56. The van der Waals surface area contributed by atoms with Crippen LogP contribution in [0.25, 0.3) is 0 Å². The number of benzene rings is 2. The van der Waals surface area contributed by atoms with E-state index in [1.807, 2.05) is 0 Å². The molecule has 2 aliphatic rings. The summed E-state index contributed by atoms with van der Waals surface area (Å²) in [5.41, 5.74) is -1.41. The van der Waals surface area contributed by atoms with Crippen LogP contribution in [0.1, 0.15) is 31.4 Å². The monoisotopic (exact) mass is 441 g/mol. The number of non-ortho nitro benzene ring substituents is 1. The maximum absolute atomic E-state index is 13.4. The molecule has 1 saturated heterocycles. The van der Waals surface area contributed by atoms with Gasteiger partial charge in [0.05, 0.1) is 11.0 Å². The second-order valence-corrected chi connectivity index (χ2v) is 8.19. The van der Waals surface area contributed by atoms with E-state index in [2.05, 4.69) is 5.32 Å². The molecule has 10 heteroatoms. The fourth-order valence-electron chi connectivity index (χ4n) is 5.02. The van der Waals surface area contributed by atoms with Crippen LogP contribution in [0.15, 0.2) is 48.5 Å². The van der Waals surface area contributed by atoms with Crippen molar-refractivity contribution in [3.63, 3.8) is 0 Å². The van der Waals surface area contributed by atoms with Gasteiger partial charge in [-0.1, -0.05) is 12.1 Å². The SMILES string of the molecule is CC1(C(=O)O)C2CCC(=O)C2C(c2cccc([N+](=O)[O-])c2)N1C(=O)Nc1ccc(F)cc1. The highest BCUT2D eigenvalue weighted by molar-refractivity contribution is 5.98. The molecule has 1 heterocycles. The van der Waals surface area contributed by atoms with Crippen molar-refractivity contribution in [1.29, 1.82) is 0 Å². The Balaban J connectivity index is 1.83. The number of rotatable bonds is 4. The number of halogens is 1. The van der Waals surface area contributed by atoms with Gasteiger partial charge in [-0.25, -0.2) is 14.0 Å². The number of anilines is 1. The van der Waals surface area contributed by atoms with E-state index in [9.17, 15) is 34.0 Å². The number of likely N-dealkylation sites (tertiary alicyclic amines) is 1. The van der Waals surface area contributed by atoms with Crippen molar-refractivity contribution in [1.82, 2.24) is 4.90 Å². The van der Waals surface area contributed by atoms with E-state index in [4.69, 9.17) is 0 Å². The van der Waals surface area contributed by atoms with E-state index in [0.29, 0.717) is 5.56 Å². The van der Waals surface area contributed by atoms with Gasteiger partial charge in [0, 0.05) is 36.1 Å². The number of ketones is 1. The Morgan fingerprint density at radius 2 is 1.94 bits per heavy atom. The predicted molar refractivity (Wildman–Crippen MR) is 110 cm³/mol. The van der Waals surface area contributed by atoms with Gasteiger partial charge in [-0.2, -0.15) is 0 Å². The minimum absolute atomic E-state index is 0.178. The molecule has 4 atom stereocenters. The molecule has 4 rings (SSSR count). The molecule has 2 aromatic carbocycles. The van der Waals surface area contributed by atoms with Gasteiger partial charge in [0.2, 0.25) is 0 Å². The maximum atomic E-state index is 13.4. The van der Waals surface area contributed by atoms with E-state index in [-0.39, 0.29) is 30.0 Å². The van der Waals surface area contributed by atoms with Crippen LogP contribution in [0.2, 0.25) is 0 Å². The van der Waals surface area contributed by atoms with Crippen molar-refractivity contribution in [2.24, 2.45) is 11.8 Å². The van der Waals surface area contributed by atoms with Gasteiger partial charge >= 0.3 is 12.0 Å². The topological polar surface area (TPSA) is 130 Å². The summed E-state index contributed by atoms with van der Waals surface area (Å²) in [4.78, 5) is 50.4. The zero-order chi connectivity index (χ0) is 23.2. The summed E-state index contributed by atoms with van der Waals surface area (Å²) in [7, 11) is 0. The van der Waals surface area contributed by atoms with Crippen LogP contribution in [-0.4, -0.2) is 38.3 Å². The van der Waals surface area contributed by atoms with Crippen LogP contribution in [0.4, 0.5) is 20.6 Å². The Bertz CT molecular complexity index is 1120. The molecule has 0 aromatic heterocycles. The average Bonchev–Trinajstić information content (AvgIpc) is 3.26. The first-order valence-corrected chi connectivity index (χ1v) is 10.0. The van der Waals surface area contributed by atoms with Crippen molar-refractivity contribution in [3.8, 4) is 0 Å². The van der Waals surface area contributed by atoms with E-state index in [0.717, 1.165) is 17.0 Å². The van der Waals surface area contributed by atoms with E-state index in [1.165, 1.54) is 37.3 Å². The number of carboxylic acids is 1. The Morgan fingerprint density at radius 3 is 2.56 bits per heavy atom. The second-order valence-electron chi connectivity index (χ2n) is 8.19. The summed E-state index contributed by atoms with van der Waals surface area (Å²) in [6.45, 7) is 1.40. The first-order valence-electron chi connectivity index (χ1n) is 10.0. The van der Waals surface area contributed by atoms with Gasteiger partial charge in [0.1, 0.15) is 17.1 Å². The summed E-state index contributed by atoms with van der Waals surface area (Å²) < 4.78 is 13.2. The third kappa shape index (κ3) is 3.28. The predicted octanol–water partition coefficient (Wildman–Crippen LogP) is 3.76. The molecule has 0 radical (unpaired) electrons. The molecule has 2 fully saturated rings. The van der Waals surface area contributed by atoms with Gasteiger partial charge < -0.3 is 15.3 Å². The largest absolute Gasteiger partial charge is 0.479 e. The van der Waals surface area contributed by atoms with Gasteiger partial charge in [-0.3, -0.25) is 14.9 Å². The van der Waals surface area contributed by atoms with Crippen LogP contribution in [-0.2, 0) is 9.59 Å². The number of carboxylic acid groups (broad SMARTS) is 1. The lowest BCUT2D eigenvalue weighted by atomic mass is 9.81. The quantitative estimate of drug-likeness (QED) is 0.549. The molecule has 9 nitrogen and oxygen atoms in total. The number of fused-ring (bicyclic) bond motifs is 1. The number of nitrogens with zero attached hydrogens (tertiary/aromatic N) is 2. The maximum Gasteiger partial charge on any atom is 0.329 e. The van der Waals surface area contributed by atoms with Gasteiger partial charge in [-0.15, -0.1) is 0 Å². The molecule has 2 amide bonds. The molecule has 1 aliphatic carbocycles. The molecular formula is C22H20FN3O6. The molecule has 1 saturated carbocycles. The van der Waals surface area contributed by atoms with E-state index < -0.39 is 46.2 Å². The Hall–Kier alpha value is -3.82. The summed E-state index contributed by atoms with van der Waals surface area (Å²) in [6, 6.07) is 8.69. The summed E-state index contributed by atoms with van der Waals surface area (Å²) in [5.74, 6) is -3.43. The first-order chi connectivity index (χ1) is 15.1. The zero-order valence-corrected chi connectivity index (χ0v) is 17.0. The Kier molecular flexibility index (Phi) is 5.15. The number of nitro groups is 1. The number of Topliss-reactive ketones (excluding diaryl/α,β-unsaturated/α-hetero) is 1. The minimum atomic E-state index is -1.73. The normalized spacial score (nSPS) is 26.6. The number of carbonyl (C=O) groups excluding carboxylic acids is 2. The molecule has 166 valence electrons. The molecule has 32 heavy (non-hydrogen) atoms. The Labute approximate surface area is 182 Å². The molecule has 2 N–H and O–H groups in total. The number of aliphatic carboxylic acids is 1. The molecule has 0 spiro atoms. The second kappa shape index (κ2) is 7.70. The van der Waals surface area contributed by atoms with Crippen LogP contribution in [0.5, 0.6) is 0 Å². The highest BCUT2D eigenvalue weighted by Crippen LogP contribution is 2.56. The van der Waals surface area contributed by atoms with Gasteiger partial charge in [-0.05, 0) is 43.2 Å². The third-order valence-corrected chi connectivity index (χ3v) is 6.52. The number of nitro benzene ring substituents is 1. The summed E-state index contributed by atoms with van der Waals surface area (Å²) in [6.07, 6.45) is 0.467. The minimum Gasteiger partial charge on any atom is -0.479 e. The molecule has 2 aromatic rings. The fraction of sp³-hybridized carbons (Fsp3) is 0.318. The third-order valence-electron chi connectivity index (χ3n) is 6.52.